The zero-order valence-corrected chi connectivity index (χ0v) is 18.7. The molecule has 5 nitrogen and oxygen atoms in total. The molecule has 0 aromatic heterocycles. The highest BCUT2D eigenvalue weighted by atomic mass is 16.5. The number of ether oxygens (including phenoxy) is 1. The Hall–Kier alpha value is -1.69. The van der Waals surface area contributed by atoms with E-state index in [1.165, 1.54) is 48.8 Å². The highest BCUT2D eigenvalue weighted by Crippen LogP contribution is 2.32. The van der Waals surface area contributed by atoms with Crippen LogP contribution in [0.5, 0.6) is 0 Å². The number of carbonyl (C=O) groups excluding carboxylic acids is 1. The van der Waals surface area contributed by atoms with Crippen molar-refractivity contribution in [3.8, 4) is 0 Å². The average molecular weight is 424 g/mol. The first-order valence-corrected chi connectivity index (χ1v) is 12.3. The Bertz CT molecular complexity index is 817. The highest BCUT2D eigenvalue weighted by molar-refractivity contribution is 5.84. The molecule has 0 radical (unpaired) electrons. The molecule has 3 heterocycles. The van der Waals surface area contributed by atoms with Crippen LogP contribution in [0.3, 0.4) is 0 Å². The number of hydrogen-bond donors (Lipinski definition) is 2. The number of piperidine rings is 1. The summed E-state index contributed by atoms with van der Waals surface area (Å²) in [5.41, 5.74) is 5.12. The van der Waals surface area contributed by atoms with E-state index in [0.717, 1.165) is 63.7 Å². The monoisotopic (exact) mass is 423 g/mol. The van der Waals surface area contributed by atoms with Crippen LogP contribution in [0.25, 0.3) is 0 Å². The van der Waals surface area contributed by atoms with Gasteiger partial charge in [-0.05, 0) is 67.1 Å². The van der Waals surface area contributed by atoms with Crippen molar-refractivity contribution in [2.45, 2.75) is 76.5 Å². The molecular weight excluding hydrogens is 386 g/mol. The third-order valence-electron chi connectivity index (χ3n) is 7.88. The minimum atomic E-state index is -0.0205. The van der Waals surface area contributed by atoms with Gasteiger partial charge in [-0.25, -0.2) is 0 Å². The number of rotatable bonds is 6. The maximum absolute atomic E-state index is 12.4. The molecule has 1 amide bonds. The fourth-order valence-electron chi connectivity index (χ4n) is 6.02. The summed E-state index contributed by atoms with van der Waals surface area (Å²) >= 11 is 0. The Balaban J connectivity index is 1.20. The smallest absolute Gasteiger partial charge is 0.241 e. The van der Waals surface area contributed by atoms with E-state index in [1.54, 1.807) is 0 Å². The quantitative estimate of drug-likeness (QED) is 0.735. The van der Waals surface area contributed by atoms with Gasteiger partial charge in [-0.1, -0.05) is 37.6 Å². The molecule has 0 bridgehead atoms. The van der Waals surface area contributed by atoms with E-state index in [9.17, 15) is 4.79 Å². The third-order valence-corrected chi connectivity index (χ3v) is 7.88. The summed E-state index contributed by atoms with van der Waals surface area (Å²) in [6, 6.07) is 7.68. The van der Waals surface area contributed by atoms with Crippen molar-refractivity contribution in [1.29, 1.82) is 0 Å². The maximum Gasteiger partial charge on any atom is 0.241 e. The molecule has 168 valence electrons. The maximum atomic E-state index is 12.4. The predicted molar refractivity (Wildman–Crippen MR) is 122 cm³/mol. The molecule has 0 spiro atoms. The molecule has 1 saturated carbocycles. The summed E-state index contributed by atoms with van der Waals surface area (Å²) in [6.45, 7) is 8.66. The molecule has 2 unspecified atom stereocenters. The van der Waals surface area contributed by atoms with Crippen LogP contribution in [-0.2, 0) is 29.0 Å². The second-order valence-electron chi connectivity index (χ2n) is 10.1. The van der Waals surface area contributed by atoms with Crippen LogP contribution in [0.15, 0.2) is 30.5 Å². The minimum Gasteiger partial charge on any atom is -0.381 e. The van der Waals surface area contributed by atoms with E-state index in [0.29, 0.717) is 12.0 Å². The number of amides is 1. The van der Waals surface area contributed by atoms with Crippen molar-refractivity contribution < 1.29 is 9.53 Å². The first-order valence-electron chi connectivity index (χ1n) is 12.3. The average Bonchev–Trinajstić information content (AvgIpc) is 3.42. The molecule has 1 aliphatic carbocycles. The lowest BCUT2D eigenvalue weighted by Gasteiger charge is -2.33. The van der Waals surface area contributed by atoms with Crippen molar-refractivity contribution in [2.75, 3.05) is 19.8 Å². The molecule has 4 aliphatic rings. The highest BCUT2D eigenvalue weighted by Gasteiger charge is 2.33. The van der Waals surface area contributed by atoms with Crippen molar-refractivity contribution in [3.05, 3.63) is 47.2 Å². The summed E-state index contributed by atoms with van der Waals surface area (Å²) in [6.07, 6.45) is 9.48. The fraction of sp³-hybridized carbons (Fsp3) is 0.654. The normalized spacial score (nSPS) is 31.6. The Kier molecular flexibility index (Phi) is 6.44. The molecule has 2 saturated heterocycles. The van der Waals surface area contributed by atoms with Gasteiger partial charge < -0.3 is 15.4 Å². The van der Waals surface area contributed by atoms with E-state index in [2.05, 4.69) is 40.3 Å². The number of allylic oxidation sites excluding steroid dienone is 1. The number of benzene rings is 1. The molecule has 31 heavy (non-hydrogen) atoms. The standard InChI is InChI=1S/C26H37N3O2/c1-18-6-9-25(26(30)28-18)29-15-22-8-7-19(13-23(22)16-29)12-21-4-2-3-5-24(21)27-14-20-10-11-31-17-20/h7-8,13,20-21,24-25,27H,1-6,9-12,14-17H2,(H,28,30)/t20?,21-,24+,25?/m1/s1. The van der Waals surface area contributed by atoms with E-state index in [-0.39, 0.29) is 11.9 Å². The van der Waals surface area contributed by atoms with E-state index < -0.39 is 0 Å². The number of nitrogens with zero attached hydrogens (tertiary/aromatic N) is 1. The first-order chi connectivity index (χ1) is 15.2. The van der Waals surface area contributed by atoms with Gasteiger partial charge in [-0.15, -0.1) is 0 Å². The summed E-state index contributed by atoms with van der Waals surface area (Å²) in [4.78, 5) is 14.8. The van der Waals surface area contributed by atoms with Crippen LogP contribution in [0.1, 0.15) is 61.6 Å². The van der Waals surface area contributed by atoms with Crippen molar-refractivity contribution in [2.24, 2.45) is 11.8 Å². The van der Waals surface area contributed by atoms with Gasteiger partial charge in [-0.2, -0.15) is 0 Å². The minimum absolute atomic E-state index is 0.0205. The largest absolute Gasteiger partial charge is 0.381 e. The van der Waals surface area contributed by atoms with E-state index in [1.807, 2.05) is 0 Å². The van der Waals surface area contributed by atoms with Crippen molar-refractivity contribution >= 4 is 5.91 Å². The molecule has 4 atom stereocenters. The zero-order valence-electron chi connectivity index (χ0n) is 18.7. The second kappa shape index (κ2) is 9.43. The topological polar surface area (TPSA) is 53.6 Å². The van der Waals surface area contributed by atoms with Gasteiger partial charge in [0.15, 0.2) is 0 Å². The van der Waals surface area contributed by atoms with Gasteiger partial charge in [0.2, 0.25) is 5.91 Å². The van der Waals surface area contributed by atoms with Crippen molar-refractivity contribution in [1.82, 2.24) is 15.5 Å². The fourth-order valence-corrected chi connectivity index (χ4v) is 6.02. The number of carbonyl (C=O) groups is 1. The first kappa shape index (κ1) is 21.2. The van der Waals surface area contributed by atoms with Crippen LogP contribution in [0, 0.1) is 11.8 Å². The van der Waals surface area contributed by atoms with Crippen LogP contribution in [0.4, 0.5) is 0 Å². The third kappa shape index (κ3) is 4.89. The van der Waals surface area contributed by atoms with Gasteiger partial charge in [0.1, 0.15) is 0 Å². The van der Waals surface area contributed by atoms with Gasteiger partial charge in [0.25, 0.3) is 0 Å². The summed E-state index contributed by atoms with van der Waals surface area (Å²) in [5, 5.41) is 6.85. The molecule has 3 fully saturated rings. The van der Waals surface area contributed by atoms with Crippen LogP contribution in [-0.4, -0.2) is 42.6 Å². The molecule has 3 aliphatic heterocycles. The summed E-state index contributed by atoms with van der Waals surface area (Å²) < 4.78 is 5.55. The van der Waals surface area contributed by atoms with Crippen molar-refractivity contribution in [3.63, 3.8) is 0 Å². The summed E-state index contributed by atoms with van der Waals surface area (Å²) in [7, 11) is 0. The lowest BCUT2D eigenvalue weighted by molar-refractivity contribution is -0.127. The Morgan fingerprint density at radius 1 is 1.13 bits per heavy atom. The Morgan fingerprint density at radius 2 is 2.00 bits per heavy atom. The van der Waals surface area contributed by atoms with Gasteiger partial charge in [-0.3, -0.25) is 9.69 Å². The molecule has 5 rings (SSSR count). The lowest BCUT2D eigenvalue weighted by Crippen LogP contribution is -2.47. The molecule has 1 aromatic carbocycles. The number of hydrogen-bond acceptors (Lipinski definition) is 4. The van der Waals surface area contributed by atoms with Gasteiger partial charge >= 0.3 is 0 Å². The van der Waals surface area contributed by atoms with E-state index in [4.69, 9.17) is 4.74 Å². The molecular formula is C26H37N3O2. The number of nitrogens with one attached hydrogen (secondary N) is 2. The SMILES string of the molecule is C=C1CCC(N2Cc3ccc(C[C@H]4CCCC[C@@H]4NCC4CCOC4)cc3C2)C(=O)N1. The Morgan fingerprint density at radius 3 is 2.84 bits per heavy atom. The zero-order chi connectivity index (χ0) is 21.2. The molecule has 2 N–H and O–H groups in total. The number of fused-ring (bicyclic) bond motifs is 1. The Labute approximate surface area is 186 Å². The van der Waals surface area contributed by atoms with Gasteiger partial charge in [0.05, 0.1) is 12.6 Å². The van der Waals surface area contributed by atoms with Gasteiger partial charge in [0, 0.05) is 38.0 Å². The lowest BCUT2D eigenvalue weighted by atomic mass is 9.80. The van der Waals surface area contributed by atoms with Crippen LogP contribution in [0.2, 0.25) is 0 Å². The molecule has 5 heteroatoms. The van der Waals surface area contributed by atoms with Crippen LogP contribution < -0.4 is 10.6 Å². The van der Waals surface area contributed by atoms with Crippen LogP contribution >= 0.6 is 0 Å². The van der Waals surface area contributed by atoms with E-state index >= 15 is 0 Å². The predicted octanol–water partition coefficient (Wildman–Crippen LogP) is 3.52. The molecule has 1 aromatic rings. The second-order valence-corrected chi connectivity index (χ2v) is 10.1. The summed E-state index contributed by atoms with van der Waals surface area (Å²) in [5.74, 6) is 1.54.